The number of carbonyl (C=O) groups excluding carboxylic acids is 2. The summed E-state index contributed by atoms with van der Waals surface area (Å²) in [6, 6.07) is 4.61. The van der Waals surface area contributed by atoms with Crippen molar-refractivity contribution in [2.24, 2.45) is 5.92 Å². The summed E-state index contributed by atoms with van der Waals surface area (Å²) in [5.41, 5.74) is 1.43. The molecular weight excluding hydrogens is 416 g/mol. The van der Waals surface area contributed by atoms with Crippen LogP contribution in [0.4, 0.5) is 11.5 Å². The van der Waals surface area contributed by atoms with Crippen molar-refractivity contribution in [1.29, 1.82) is 0 Å². The van der Waals surface area contributed by atoms with E-state index in [0.717, 1.165) is 16.0 Å². The lowest BCUT2D eigenvalue weighted by molar-refractivity contribution is -0.120. The maximum atomic E-state index is 12.8. The Labute approximate surface area is 183 Å². The van der Waals surface area contributed by atoms with E-state index >= 15 is 0 Å². The standard InChI is InChI=1S/C22H24N4O4S/c1-12-13(2)31-21-17(12)19(23-11-24-21)26-9-7-14(8-10-26)20(28)25-16-6-4-5-15(18(16)27)22(29)30-3/h4-6,11,14,27H,7-10H2,1-3H3,(H,25,28). The Morgan fingerprint density at radius 3 is 2.68 bits per heavy atom. The van der Waals surface area contributed by atoms with Crippen molar-refractivity contribution in [3.63, 3.8) is 0 Å². The number of nitrogens with zero attached hydrogens (tertiary/aromatic N) is 3. The molecule has 2 N–H and O–H groups in total. The Morgan fingerprint density at radius 1 is 1.23 bits per heavy atom. The minimum absolute atomic E-state index is 0.0179. The summed E-state index contributed by atoms with van der Waals surface area (Å²) in [7, 11) is 1.24. The van der Waals surface area contributed by atoms with Gasteiger partial charge in [-0.2, -0.15) is 0 Å². The van der Waals surface area contributed by atoms with Crippen LogP contribution in [-0.2, 0) is 9.53 Å². The third-order valence-electron chi connectivity index (χ3n) is 5.81. The molecule has 0 radical (unpaired) electrons. The van der Waals surface area contributed by atoms with Gasteiger partial charge in [-0.3, -0.25) is 4.79 Å². The molecule has 31 heavy (non-hydrogen) atoms. The number of benzene rings is 1. The fourth-order valence-corrected chi connectivity index (χ4v) is 4.90. The molecule has 9 heteroatoms. The number of para-hydroxylation sites is 1. The Hall–Kier alpha value is -3.20. The first kappa shape index (κ1) is 21.0. The molecule has 3 heterocycles. The molecule has 1 aliphatic heterocycles. The fourth-order valence-electron chi connectivity index (χ4n) is 3.91. The van der Waals surface area contributed by atoms with E-state index in [0.29, 0.717) is 25.9 Å². The number of piperidine rings is 1. The zero-order chi connectivity index (χ0) is 22.1. The summed E-state index contributed by atoms with van der Waals surface area (Å²) in [5, 5.41) is 14.2. The number of carbonyl (C=O) groups is 2. The number of anilines is 2. The number of phenols is 1. The van der Waals surface area contributed by atoms with E-state index in [-0.39, 0.29) is 28.8 Å². The van der Waals surface area contributed by atoms with Crippen molar-refractivity contribution in [3.8, 4) is 5.75 Å². The molecule has 0 saturated carbocycles. The van der Waals surface area contributed by atoms with Crippen LogP contribution in [0.1, 0.15) is 33.6 Å². The molecule has 0 aliphatic carbocycles. The minimum atomic E-state index is -0.656. The molecule has 1 amide bonds. The van der Waals surface area contributed by atoms with Crippen molar-refractivity contribution in [1.82, 2.24) is 9.97 Å². The third-order valence-corrected chi connectivity index (χ3v) is 6.93. The number of methoxy groups -OCH3 is 1. The van der Waals surface area contributed by atoms with Gasteiger partial charge in [-0.15, -0.1) is 11.3 Å². The lowest BCUT2D eigenvalue weighted by Crippen LogP contribution is -2.38. The highest BCUT2D eigenvalue weighted by atomic mass is 32.1. The molecule has 0 atom stereocenters. The number of hydrogen-bond donors (Lipinski definition) is 2. The zero-order valence-corrected chi connectivity index (χ0v) is 18.5. The van der Waals surface area contributed by atoms with Crippen LogP contribution in [-0.4, -0.2) is 47.2 Å². The first-order chi connectivity index (χ1) is 14.9. The van der Waals surface area contributed by atoms with E-state index < -0.39 is 5.97 Å². The van der Waals surface area contributed by atoms with Gasteiger partial charge in [-0.1, -0.05) is 6.07 Å². The molecule has 1 aliphatic rings. The van der Waals surface area contributed by atoms with E-state index in [4.69, 9.17) is 0 Å². The molecule has 3 aromatic rings. The van der Waals surface area contributed by atoms with Gasteiger partial charge in [0, 0.05) is 23.9 Å². The average Bonchev–Trinajstić information content (AvgIpc) is 3.08. The number of fused-ring (bicyclic) bond motifs is 1. The van der Waals surface area contributed by atoms with Crippen LogP contribution in [0.5, 0.6) is 5.75 Å². The van der Waals surface area contributed by atoms with Gasteiger partial charge in [0.2, 0.25) is 5.91 Å². The molecular formula is C22H24N4O4S. The monoisotopic (exact) mass is 440 g/mol. The second-order valence-corrected chi connectivity index (χ2v) is 8.81. The van der Waals surface area contributed by atoms with E-state index in [1.54, 1.807) is 29.8 Å². The van der Waals surface area contributed by atoms with E-state index in [2.05, 4.69) is 38.8 Å². The van der Waals surface area contributed by atoms with Gasteiger partial charge < -0.3 is 20.1 Å². The number of hydrogen-bond acceptors (Lipinski definition) is 8. The molecule has 0 bridgehead atoms. The van der Waals surface area contributed by atoms with Crippen molar-refractivity contribution in [2.45, 2.75) is 26.7 Å². The maximum absolute atomic E-state index is 12.8. The summed E-state index contributed by atoms with van der Waals surface area (Å²) in [6.07, 6.45) is 2.93. The molecule has 0 spiro atoms. The van der Waals surface area contributed by atoms with Crippen molar-refractivity contribution in [2.75, 3.05) is 30.4 Å². The number of aromatic hydroxyl groups is 1. The van der Waals surface area contributed by atoms with Gasteiger partial charge in [0.15, 0.2) is 5.75 Å². The van der Waals surface area contributed by atoms with Crippen LogP contribution < -0.4 is 10.2 Å². The fraction of sp³-hybridized carbons (Fsp3) is 0.364. The molecule has 2 aromatic heterocycles. The van der Waals surface area contributed by atoms with Crippen LogP contribution in [0.2, 0.25) is 0 Å². The van der Waals surface area contributed by atoms with Gasteiger partial charge >= 0.3 is 5.97 Å². The second-order valence-electron chi connectivity index (χ2n) is 7.60. The smallest absolute Gasteiger partial charge is 0.341 e. The first-order valence-electron chi connectivity index (χ1n) is 10.1. The lowest BCUT2D eigenvalue weighted by atomic mass is 9.95. The predicted octanol–water partition coefficient (Wildman–Crippen LogP) is 3.66. The Bertz CT molecular complexity index is 1150. The van der Waals surface area contributed by atoms with Crippen LogP contribution >= 0.6 is 11.3 Å². The Balaban J connectivity index is 1.45. The summed E-state index contributed by atoms with van der Waals surface area (Å²) in [5.74, 6) is -0.384. The first-order valence-corrected chi connectivity index (χ1v) is 10.9. The van der Waals surface area contributed by atoms with Crippen LogP contribution in [0.25, 0.3) is 10.2 Å². The molecule has 162 valence electrons. The van der Waals surface area contributed by atoms with Crippen LogP contribution in [0.3, 0.4) is 0 Å². The molecule has 1 aromatic carbocycles. The molecule has 1 saturated heterocycles. The predicted molar refractivity (Wildman–Crippen MR) is 120 cm³/mol. The van der Waals surface area contributed by atoms with Gasteiger partial charge in [0.1, 0.15) is 22.5 Å². The van der Waals surface area contributed by atoms with Crippen molar-refractivity contribution >= 4 is 44.9 Å². The molecule has 8 nitrogen and oxygen atoms in total. The van der Waals surface area contributed by atoms with Crippen molar-refractivity contribution < 1.29 is 19.4 Å². The Kier molecular flexibility index (Phi) is 5.77. The molecule has 1 fully saturated rings. The van der Waals surface area contributed by atoms with Gasteiger partial charge in [-0.25, -0.2) is 14.8 Å². The van der Waals surface area contributed by atoms with Gasteiger partial charge in [0.25, 0.3) is 0 Å². The normalized spacial score (nSPS) is 14.6. The summed E-state index contributed by atoms with van der Waals surface area (Å²) >= 11 is 1.67. The number of nitrogens with one attached hydrogen (secondary N) is 1. The third kappa shape index (κ3) is 3.93. The highest BCUT2D eigenvalue weighted by molar-refractivity contribution is 7.18. The lowest BCUT2D eigenvalue weighted by Gasteiger charge is -2.32. The number of amides is 1. The largest absolute Gasteiger partial charge is 0.505 e. The summed E-state index contributed by atoms with van der Waals surface area (Å²) < 4.78 is 4.66. The summed E-state index contributed by atoms with van der Waals surface area (Å²) in [6.45, 7) is 5.59. The zero-order valence-electron chi connectivity index (χ0n) is 17.6. The van der Waals surface area contributed by atoms with E-state index in [1.807, 2.05) is 0 Å². The number of aromatic nitrogens is 2. The maximum Gasteiger partial charge on any atom is 0.341 e. The van der Waals surface area contributed by atoms with Crippen LogP contribution in [0, 0.1) is 19.8 Å². The number of phenolic OH excluding ortho intramolecular Hbond substituents is 1. The van der Waals surface area contributed by atoms with Crippen LogP contribution in [0.15, 0.2) is 24.5 Å². The number of rotatable bonds is 4. The summed E-state index contributed by atoms with van der Waals surface area (Å²) in [4.78, 5) is 37.9. The Morgan fingerprint density at radius 2 is 1.97 bits per heavy atom. The number of ether oxygens (including phenoxy) is 1. The highest BCUT2D eigenvalue weighted by Gasteiger charge is 2.28. The quantitative estimate of drug-likeness (QED) is 0.471. The number of esters is 1. The van der Waals surface area contributed by atoms with Crippen molar-refractivity contribution in [3.05, 3.63) is 40.5 Å². The van der Waals surface area contributed by atoms with Gasteiger partial charge in [0.05, 0.1) is 18.2 Å². The number of thiophene rings is 1. The van der Waals surface area contributed by atoms with Gasteiger partial charge in [-0.05, 0) is 44.4 Å². The number of aryl methyl sites for hydroxylation is 2. The molecule has 0 unspecified atom stereocenters. The second kappa shape index (κ2) is 8.50. The van der Waals surface area contributed by atoms with E-state index in [9.17, 15) is 14.7 Å². The molecule has 4 rings (SSSR count). The highest BCUT2D eigenvalue weighted by Crippen LogP contribution is 2.36. The minimum Gasteiger partial charge on any atom is -0.505 e. The average molecular weight is 441 g/mol. The SMILES string of the molecule is COC(=O)c1cccc(NC(=O)C2CCN(c3ncnc4sc(C)c(C)c34)CC2)c1O. The van der Waals surface area contributed by atoms with E-state index in [1.165, 1.54) is 23.6 Å². The topological polar surface area (TPSA) is 105 Å².